The van der Waals surface area contributed by atoms with Gasteiger partial charge in [-0.25, -0.2) is 9.97 Å². The third-order valence-electron chi connectivity index (χ3n) is 2.16. The van der Waals surface area contributed by atoms with Gasteiger partial charge in [0, 0.05) is 13.1 Å². The second kappa shape index (κ2) is 6.26. The fraction of sp³-hybridized carbons (Fsp3) is 0.636. The molecule has 0 aromatic carbocycles. The number of rotatable bonds is 5. The predicted molar refractivity (Wildman–Crippen MR) is 66.8 cm³/mol. The Morgan fingerprint density at radius 1 is 1.33 bits per heavy atom. The Labute approximate surface area is 109 Å². The first-order valence-electron chi connectivity index (χ1n) is 5.59. The maximum absolute atomic E-state index is 12.6. The molecule has 0 aliphatic rings. The normalized spacial score (nSPS) is 11.9. The van der Waals surface area contributed by atoms with E-state index in [9.17, 15) is 13.2 Å². The minimum atomic E-state index is -4.44. The molecule has 1 aromatic rings. The van der Waals surface area contributed by atoms with Crippen molar-refractivity contribution in [1.29, 1.82) is 0 Å². The van der Waals surface area contributed by atoms with Crippen LogP contribution in [0.1, 0.15) is 26.0 Å². The molecular weight excluding hydrogens is 263 g/mol. The molecule has 0 saturated carbocycles. The van der Waals surface area contributed by atoms with Crippen molar-refractivity contribution in [2.75, 3.05) is 18.1 Å². The summed E-state index contributed by atoms with van der Waals surface area (Å²) in [4.78, 5) is 7.41. The molecule has 0 unspecified atom stereocenters. The zero-order valence-corrected chi connectivity index (χ0v) is 11.3. The van der Waals surface area contributed by atoms with E-state index in [0.29, 0.717) is 10.9 Å². The highest BCUT2D eigenvalue weighted by Crippen LogP contribution is 2.31. The third-order valence-corrected chi connectivity index (χ3v) is 3.11. The SMILES string of the molecule is CNc1nc(SCCC(C)C)cc(C(F)(F)F)n1. The maximum atomic E-state index is 12.6. The van der Waals surface area contributed by atoms with Crippen molar-refractivity contribution in [3.63, 3.8) is 0 Å². The standard InChI is InChI=1S/C11H16F3N3S/c1-7(2)4-5-18-9-6-8(11(12,13)14)16-10(15-3)17-9/h6-7H,4-5H2,1-3H3,(H,15,16,17). The molecule has 1 N–H and O–H groups in total. The highest BCUT2D eigenvalue weighted by Gasteiger charge is 2.33. The first-order chi connectivity index (χ1) is 8.32. The summed E-state index contributed by atoms with van der Waals surface area (Å²) >= 11 is 1.32. The van der Waals surface area contributed by atoms with Crippen LogP contribution in [-0.2, 0) is 6.18 Å². The van der Waals surface area contributed by atoms with E-state index in [0.717, 1.165) is 18.2 Å². The number of hydrogen-bond acceptors (Lipinski definition) is 4. The van der Waals surface area contributed by atoms with Crippen molar-refractivity contribution in [2.24, 2.45) is 5.92 Å². The van der Waals surface area contributed by atoms with Gasteiger partial charge in [0.15, 0.2) is 5.69 Å². The minimum Gasteiger partial charge on any atom is -0.357 e. The lowest BCUT2D eigenvalue weighted by Crippen LogP contribution is -2.11. The zero-order valence-electron chi connectivity index (χ0n) is 10.5. The first-order valence-corrected chi connectivity index (χ1v) is 6.58. The van der Waals surface area contributed by atoms with Gasteiger partial charge in [-0.2, -0.15) is 13.2 Å². The number of thioether (sulfide) groups is 1. The molecule has 0 amide bonds. The predicted octanol–water partition coefficient (Wildman–Crippen LogP) is 3.68. The van der Waals surface area contributed by atoms with Crippen molar-refractivity contribution in [1.82, 2.24) is 9.97 Å². The van der Waals surface area contributed by atoms with Crippen molar-refractivity contribution >= 4 is 17.7 Å². The summed E-state index contributed by atoms with van der Waals surface area (Å²) in [5, 5.41) is 2.89. The molecule has 0 atom stereocenters. The van der Waals surface area contributed by atoms with Gasteiger partial charge < -0.3 is 5.32 Å². The van der Waals surface area contributed by atoms with Crippen LogP contribution in [0.15, 0.2) is 11.1 Å². The fourth-order valence-corrected chi connectivity index (χ4v) is 2.30. The molecule has 1 aromatic heterocycles. The summed E-state index contributed by atoms with van der Waals surface area (Å²) in [6.45, 7) is 4.14. The second-order valence-electron chi connectivity index (χ2n) is 4.19. The van der Waals surface area contributed by atoms with Gasteiger partial charge in [0.05, 0.1) is 0 Å². The molecule has 3 nitrogen and oxygen atoms in total. The quantitative estimate of drug-likeness (QED) is 0.659. The van der Waals surface area contributed by atoms with E-state index < -0.39 is 11.9 Å². The van der Waals surface area contributed by atoms with E-state index in [1.165, 1.54) is 18.8 Å². The molecular formula is C11H16F3N3S. The summed E-state index contributed by atoms with van der Waals surface area (Å²) in [5.41, 5.74) is -0.908. The smallest absolute Gasteiger partial charge is 0.357 e. The van der Waals surface area contributed by atoms with E-state index in [1.54, 1.807) is 0 Å². The summed E-state index contributed by atoms with van der Waals surface area (Å²) in [5.74, 6) is 1.26. The fourth-order valence-electron chi connectivity index (χ4n) is 1.16. The lowest BCUT2D eigenvalue weighted by molar-refractivity contribution is -0.141. The van der Waals surface area contributed by atoms with Crippen molar-refractivity contribution < 1.29 is 13.2 Å². The molecule has 102 valence electrons. The number of nitrogens with one attached hydrogen (secondary N) is 1. The van der Waals surface area contributed by atoms with Crippen LogP contribution in [0.2, 0.25) is 0 Å². The Morgan fingerprint density at radius 3 is 2.50 bits per heavy atom. The molecule has 1 heterocycles. The monoisotopic (exact) mass is 279 g/mol. The minimum absolute atomic E-state index is 0.00290. The van der Waals surface area contributed by atoms with Crippen LogP contribution in [0, 0.1) is 5.92 Å². The lowest BCUT2D eigenvalue weighted by atomic mass is 10.2. The topological polar surface area (TPSA) is 37.8 Å². The third kappa shape index (κ3) is 4.72. The van der Waals surface area contributed by atoms with Gasteiger partial charge in [0.1, 0.15) is 5.03 Å². The molecule has 7 heteroatoms. The molecule has 1 rings (SSSR count). The molecule has 0 saturated heterocycles. The van der Waals surface area contributed by atoms with Crippen LogP contribution in [0.3, 0.4) is 0 Å². The number of halogens is 3. The van der Waals surface area contributed by atoms with Crippen LogP contribution in [-0.4, -0.2) is 22.8 Å². The van der Waals surface area contributed by atoms with E-state index >= 15 is 0 Å². The van der Waals surface area contributed by atoms with Gasteiger partial charge >= 0.3 is 6.18 Å². The zero-order chi connectivity index (χ0) is 13.8. The van der Waals surface area contributed by atoms with Crippen LogP contribution < -0.4 is 5.32 Å². The Morgan fingerprint density at radius 2 is 2.00 bits per heavy atom. The van der Waals surface area contributed by atoms with Gasteiger partial charge in [-0.1, -0.05) is 13.8 Å². The largest absolute Gasteiger partial charge is 0.433 e. The van der Waals surface area contributed by atoms with E-state index in [4.69, 9.17) is 0 Å². The lowest BCUT2D eigenvalue weighted by Gasteiger charge is -2.10. The Bertz CT molecular complexity index is 394. The second-order valence-corrected chi connectivity index (χ2v) is 5.31. The number of hydrogen-bond donors (Lipinski definition) is 1. The van der Waals surface area contributed by atoms with E-state index in [1.807, 2.05) is 0 Å². The summed E-state index contributed by atoms with van der Waals surface area (Å²) in [6.07, 6.45) is -3.51. The average Bonchev–Trinajstić information content (AvgIpc) is 2.27. The summed E-state index contributed by atoms with van der Waals surface area (Å²) in [6, 6.07) is 0.992. The number of aromatic nitrogens is 2. The molecule has 0 radical (unpaired) electrons. The Balaban J connectivity index is 2.84. The van der Waals surface area contributed by atoms with Crippen LogP contribution in [0.5, 0.6) is 0 Å². The molecule has 0 spiro atoms. The van der Waals surface area contributed by atoms with Crippen molar-refractivity contribution in [2.45, 2.75) is 31.5 Å². The molecule has 0 aliphatic carbocycles. The molecule has 18 heavy (non-hydrogen) atoms. The van der Waals surface area contributed by atoms with Gasteiger partial charge in [0.2, 0.25) is 5.95 Å². The van der Waals surface area contributed by atoms with Crippen LogP contribution >= 0.6 is 11.8 Å². The summed E-state index contributed by atoms with van der Waals surface area (Å²) in [7, 11) is 1.50. The van der Waals surface area contributed by atoms with Gasteiger partial charge in [-0.05, 0) is 18.1 Å². The Kier molecular flexibility index (Phi) is 5.25. The Hall–Kier alpha value is -0.980. The first kappa shape index (κ1) is 15.1. The van der Waals surface area contributed by atoms with Gasteiger partial charge in [-0.3, -0.25) is 0 Å². The molecule has 0 aliphatic heterocycles. The van der Waals surface area contributed by atoms with Gasteiger partial charge in [0.25, 0.3) is 0 Å². The maximum Gasteiger partial charge on any atom is 0.433 e. The van der Waals surface area contributed by atoms with Gasteiger partial charge in [-0.15, -0.1) is 11.8 Å². The molecule has 0 bridgehead atoms. The highest BCUT2D eigenvalue weighted by atomic mass is 32.2. The number of alkyl halides is 3. The van der Waals surface area contributed by atoms with Crippen LogP contribution in [0.4, 0.5) is 19.1 Å². The van der Waals surface area contributed by atoms with E-state index in [-0.39, 0.29) is 5.95 Å². The molecule has 0 fully saturated rings. The average molecular weight is 279 g/mol. The number of nitrogens with zero attached hydrogens (tertiary/aromatic N) is 2. The summed E-state index contributed by atoms with van der Waals surface area (Å²) < 4.78 is 37.8. The van der Waals surface area contributed by atoms with E-state index in [2.05, 4.69) is 29.1 Å². The van der Waals surface area contributed by atoms with Crippen molar-refractivity contribution in [3.05, 3.63) is 11.8 Å². The van der Waals surface area contributed by atoms with Crippen LogP contribution in [0.25, 0.3) is 0 Å². The highest BCUT2D eigenvalue weighted by molar-refractivity contribution is 7.99. The van der Waals surface area contributed by atoms with Crippen molar-refractivity contribution in [3.8, 4) is 0 Å². The number of anilines is 1.